The van der Waals surface area contributed by atoms with Gasteiger partial charge in [0.1, 0.15) is 0 Å². The molecular weight excluding hydrogens is 346 g/mol. The Morgan fingerprint density at radius 2 is 2.11 bits per heavy atom. The third-order valence-corrected chi connectivity index (χ3v) is 4.82. The first kappa shape index (κ1) is 17.2. The van der Waals surface area contributed by atoms with Crippen LogP contribution in [0.15, 0.2) is 29.2 Å². The Balaban J connectivity index is 1.59. The minimum Gasteiger partial charge on any atom is -0.328 e. The van der Waals surface area contributed by atoms with E-state index in [1.807, 2.05) is 19.9 Å². The smallest absolute Gasteiger partial charge is 0.328 e. The van der Waals surface area contributed by atoms with Gasteiger partial charge in [-0.2, -0.15) is 10.2 Å². The molecule has 1 amide bonds. The molecule has 0 spiro atoms. The van der Waals surface area contributed by atoms with Crippen LogP contribution in [0.2, 0.25) is 0 Å². The summed E-state index contributed by atoms with van der Waals surface area (Å²) < 4.78 is 1.75. The van der Waals surface area contributed by atoms with Crippen molar-refractivity contribution in [1.29, 1.82) is 0 Å². The third-order valence-electron chi connectivity index (χ3n) is 4.82. The Morgan fingerprint density at radius 1 is 1.26 bits per heavy atom. The molecule has 0 bridgehead atoms. The predicted molar refractivity (Wildman–Crippen MR) is 97.7 cm³/mol. The molecule has 1 aliphatic rings. The molecule has 0 radical (unpaired) electrons. The summed E-state index contributed by atoms with van der Waals surface area (Å²) in [5, 5.41) is 10.8. The van der Waals surface area contributed by atoms with Crippen molar-refractivity contribution in [1.82, 2.24) is 34.8 Å². The molecular formula is C18H21N7O2. The molecule has 9 heteroatoms. The number of nitrogens with zero attached hydrogens (tertiary/aromatic N) is 5. The molecule has 3 aromatic heterocycles. The first-order valence-electron chi connectivity index (χ1n) is 8.98. The van der Waals surface area contributed by atoms with Crippen LogP contribution in [0.5, 0.6) is 0 Å². The van der Waals surface area contributed by atoms with Gasteiger partial charge in [0.05, 0.1) is 17.3 Å². The Morgan fingerprint density at radius 3 is 2.74 bits per heavy atom. The van der Waals surface area contributed by atoms with Crippen molar-refractivity contribution in [3.8, 4) is 5.82 Å². The number of rotatable bonds is 3. The normalized spacial score (nSPS) is 17.3. The van der Waals surface area contributed by atoms with Gasteiger partial charge < -0.3 is 4.90 Å². The number of aromatic amines is 2. The molecule has 4 rings (SSSR count). The number of likely N-dealkylation sites (tertiary alicyclic amines) is 1. The molecule has 3 aromatic rings. The summed E-state index contributed by atoms with van der Waals surface area (Å²) >= 11 is 0. The van der Waals surface area contributed by atoms with E-state index in [4.69, 9.17) is 0 Å². The highest BCUT2D eigenvalue weighted by molar-refractivity contribution is 5.94. The van der Waals surface area contributed by atoms with Gasteiger partial charge >= 0.3 is 5.69 Å². The Labute approximate surface area is 155 Å². The average Bonchev–Trinajstić information content (AvgIpc) is 3.26. The highest BCUT2D eigenvalue weighted by atomic mass is 16.2. The van der Waals surface area contributed by atoms with Crippen LogP contribution in [0.25, 0.3) is 5.82 Å². The van der Waals surface area contributed by atoms with Gasteiger partial charge in [0.15, 0.2) is 11.6 Å². The van der Waals surface area contributed by atoms with Gasteiger partial charge in [0.25, 0.3) is 5.91 Å². The predicted octanol–water partition coefficient (Wildman–Crippen LogP) is 1.66. The van der Waals surface area contributed by atoms with Crippen molar-refractivity contribution >= 4 is 5.91 Å². The first-order valence-corrected chi connectivity index (χ1v) is 8.98. The second-order valence-corrected chi connectivity index (χ2v) is 6.82. The zero-order chi connectivity index (χ0) is 19.0. The lowest BCUT2D eigenvalue weighted by molar-refractivity contribution is 0.0600. The lowest BCUT2D eigenvalue weighted by atomic mass is 10.0. The molecule has 2 N–H and O–H groups in total. The van der Waals surface area contributed by atoms with Crippen LogP contribution in [0.3, 0.4) is 0 Å². The molecule has 27 heavy (non-hydrogen) atoms. The van der Waals surface area contributed by atoms with E-state index in [1.165, 1.54) is 0 Å². The van der Waals surface area contributed by atoms with Crippen molar-refractivity contribution in [3.05, 3.63) is 57.7 Å². The standard InChI is InChI=1S/C18H21N7O2/c1-11-9-12(2)25(23-11)15-7-6-13(10-19-15)17(26)24-8-4-3-5-14(24)16-20-18(27)22-21-16/h6-7,9-10,14H,3-5,8H2,1-2H3,(H2,20,21,22,27). The highest BCUT2D eigenvalue weighted by Gasteiger charge is 2.31. The van der Waals surface area contributed by atoms with E-state index in [-0.39, 0.29) is 17.6 Å². The fraction of sp³-hybridized carbons (Fsp3) is 0.389. The van der Waals surface area contributed by atoms with Crippen LogP contribution in [0, 0.1) is 13.8 Å². The third kappa shape index (κ3) is 3.27. The summed E-state index contributed by atoms with van der Waals surface area (Å²) in [4.78, 5) is 33.3. The van der Waals surface area contributed by atoms with E-state index in [9.17, 15) is 9.59 Å². The van der Waals surface area contributed by atoms with Crippen LogP contribution < -0.4 is 5.69 Å². The lowest BCUT2D eigenvalue weighted by Gasteiger charge is -2.34. The van der Waals surface area contributed by atoms with Crippen LogP contribution in [0.1, 0.15) is 52.9 Å². The van der Waals surface area contributed by atoms with Crippen LogP contribution in [-0.2, 0) is 0 Å². The molecule has 0 aromatic carbocycles. The molecule has 1 fully saturated rings. The van der Waals surface area contributed by atoms with Gasteiger partial charge in [-0.05, 0) is 51.3 Å². The van der Waals surface area contributed by atoms with Crippen molar-refractivity contribution in [2.45, 2.75) is 39.2 Å². The second kappa shape index (κ2) is 6.82. The van der Waals surface area contributed by atoms with E-state index in [2.05, 4.69) is 25.3 Å². The number of H-pyrrole nitrogens is 2. The molecule has 1 atom stereocenters. The topological polar surface area (TPSA) is 113 Å². The fourth-order valence-electron chi connectivity index (χ4n) is 3.56. The van der Waals surface area contributed by atoms with Crippen LogP contribution >= 0.6 is 0 Å². The van der Waals surface area contributed by atoms with Crippen LogP contribution in [0.4, 0.5) is 0 Å². The maximum absolute atomic E-state index is 13.0. The number of hydrogen-bond acceptors (Lipinski definition) is 5. The van der Waals surface area contributed by atoms with Crippen LogP contribution in [-0.4, -0.2) is 47.3 Å². The van der Waals surface area contributed by atoms with Gasteiger partial charge in [-0.25, -0.2) is 19.6 Å². The van der Waals surface area contributed by atoms with Gasteiger partial charge in [0.2, 0.25) is 0 Å². The SMILES string of the molecule is Cc1cc(C)n(-c2ccc(C(=O)N3CCCCC3c3n[nH]c(=O)[nH]3)cn2)n1. The zero-order valence-corrected chi connectivity index (χ0v) is 15.3. The molecule has 9 nitrogen and oxygen atoms in total. The van der Waals surface area contributed by atoms with E-state index in [0.717, 1.165) is 30.7 Å². The quantitative estimate of drug-likeness (QED) is 0.731. The maximum Gasteiger partial charge on any atom is 0.340 e. The van der Waals surface area contributed by atoms with Crippen molar-refractivity contribution in [2.75, 3.05) is 6.54 Å². The van der Waals surface area contributed by atoms with Crippen molar-refractivity contribution in [3.63, 3.8) is 0 Å². The molecule has 0 aliphatic carbocycles. The number of hydrogen-bond donors (Lipinski definition) is 2. The van der Waals surface area contributed by atoms with Gasteiger partial charge in [-0.15, -0.1) is 0 Å². The monoisotopic (exact) mass is 367 g/mol. The number of amides is 1. The first-order chi connectivity index (χ1) is 13.0. The van der Waals surface area contributed by atoms with E-state index >= 15 is 0 Å². The molecule has 0 saturated carbocycles. The molecule has 140 valence electrons. The van der Waals surface area contributed by atoms with E-state index in [0.29, 0.717) is 23.8 Å². The Kier molecular flexibility index (Phi) is 4.35. The minimum absolute atomic E-state index is 0.115. The van der Waals surface area contributed by atoms with Crippen molar-refractivity contribution < 1.29 is 4.79 Å². The van der Waals surface area contributed by atoms with Gasteiger partial charge in [-0.3, -0.25) is 9.78 Å². The zero-order valence-electron chi connectivity index (χ0n) is 15.3. The number of pyridine rings is 1. The Hall–Kier alpha value is -3.23. The van der Waals surface area contributed by atoms with E-state index < -0.39 is 0 Å². The molecule has 1 saturated heterocycles. The summed E-state index contributed by atoms with van der Waals surface area (Å²) in [6.45, 7) is 4.51. The fourth-order valence-corrected chi connectivity index (χ4v) is 3.56. The molecule has 4 heterocycles. The number of carbonyl (C=O) groups excluding carboxylic acids is 1. The summed E-state index contributed by atoms with van der Waals surface area (Å²) in [5.74, 6) is 1.06. The Bertz CT molecular complexity index is 1020. The van der Waals surface area contributed by atoms with Gasteiger partial charge in [0, 0.05) is 18.4 Å². The maximum atomic E-state index is 13.0. The van der Waals surface area contributed by atoms with E-state index in [1.54, 1.807) is 27.9 Å². The molecule has 1 aliphatic heterocycles. The number of aromatic nitrogens is 6. The largest absolute Gasteiger partial charge is 0.340 e. The summed E-state index contributed by atoms with van der Waals surface area (Å²) in [6, 6.07) is 5.30. The second-order valence-electron chi connectivity index (χ2n) is 6.82. The summed E-state index contributed by atoms with van der Waals surface area (Å²) in [5.41, 5.74) is 2.04. The minimum atomic E-state index is -0.362. The number of carbonyl (C=O) groups is 1. The molecule has 1 unspecified atom stereocenters. The lowest BCUT2D eigenvalue weighted by Crippen LogP contribution is -2.39. The number of piperidine rings is 1. The van der Waals surface area contributed by atoms with Crippen molar-refractivity contribution in [2.24, 2.45) is 0 Å². The average molecular weight is 367 g/mol. The summed E-state index contributed by atoms with van der Waals surface area (Å²) in [7, 11) is 0. The number of nitrogens with one attached hydrogen (secondary N) is 2. The van der Waals surface area contributed by atoms with Gasteiger partial charge in [-0.1, -0.05) is 0 Å². The highest BCUT2D eigenvalue weighted by Crippen LogP contribution is 2.29. The summed E-state index contributed by atoms with van der Waals surface area (Å²) in [6.07, 6.45) is 4.25. The number of aryl methyl sites for hydroxylation is 2.